The topological polar surface area (TPSA) is 62.4 Å². The maximum absolute atomic E-state index is 5.91. The van der Waals surface area contributed by atoms with Gasteiger partial charge in [0.05, 0.1) is 6.54 Å². The van der Waals surface area contributed by atoms with Gasteiger partial charge in [0.15, 0.2) is 5.96 Å². The zero-order valence-electron chi connectivity index (χ0n) is 7.21. The Bertz CT molecular complexity index is 189. The monoisotopic (exact) mass is 168 g/mol. The van der Waals surface area contributed by atoms with Crippen molar-refractivity contribution in [3.05, 3.63) is 0 Å². The van der Waals surface area contributed by atoms with Gasteiger partial charge in [0.25, 0.3) is 0 Å². The molecule has 1 heterocycles. The first-order valence-electron chi connectivity index (χ1n) is 4.67. The fourth-order valence-electron chi connectivity index (χ4n) is 1.84. The van der Waals surface area contributed by atoms with Crippen molar-refractivity contribution in [2.45, 2.75) is 31.3 Å². The molecular formula is C8H16N4. The number of nitrogens with one attached hydrogen (secondary N) is 2. The van der Waals surface area contributed by atoms with Crippen molar-refractivity contribution in [2.75, 3.05) is 13.1 Å². The highest BCUT2D eigenvalue weighted by Crippen LogP contribution is 2.16. The molecule has 1 fully saturated rings. The van der Waals surface area contributed by atoms with E-state index in [4.69, 9.17) is 5.73 Å². The third-order valence-electron chi connectivity index (χ3n) is 2.57. The van der Waals surface area contributed by atoms with Crippen molar-refractivity contribution in [3.8, 4) is 0 Å². The van der Waals surface area contributed by atoms with E-state index >= 15 is 0 Å². The molecule has 1 saturated carbocycles. The first-order valence-corrected chi connectivity index (χ1v) is 4.67. The average Bonchev–Trinajstić information content (AvgIpc) is 2.65. The van der Waals surface area contributed by atoms with Crippen LogP contribution >= 0.6 is 0 Å². The number of guanidine groups is 1. The van der Waals surface area contributed by atoms with Gasteiger partial charge in [0.1, 0.15) is 0 Å². The summed E-state index contributed by atoms with van der Waals surface area (Å²) < 4.78 is 0. The van der Waals surface area contributed by atoms with Gasteiger partial charge in [-0.2, -0.15) is 0 Å². The minimum Gasteiger partial charge on any atom is -0.355 e. The maximum Gasteiger partial charge on any atom is 0.191 e. The Kier molecular flexibility index (Phi) is 2.17. The Morgan fingerprint density at radius 2 is 2.42 bits per heavy atom. The molecule has 0 aromatic carbocycles. The summed E-state index contributed by atoms with van der Waals surface area (Å²) in [5.41, 5.74) is 5.91. The Morgan fingerprint density at radius 1 is 1.50 bits per heavy atom. The highest BCUT2D eigenvalue weighted by molar-refractivity contribution is 5.81. The standard InChI is InChI=1S/C8H16N4/c9-6-2-1-3-7(6)12-8-10-4-5-11-8/h6-7H,1-5,9H2,(H2,10,11,12). The van der Waals surface area contributed by atoms with E-state index in [1.807, 2.05) is 0 Å². The van der Waals surface area contributed by atoms with E-state index < -0.39 is 0 Å². The molecule has 0 radical (unpaired) electrons. The van der Waals surface area contributed by atoms with Crippen molar-refractivity contribution < 1.29 is 0 Å². The average molecular weight is 168 g/mol. The normalized spacial score (nSPS) is 34.6. The van der Waals surface area contributed by atoms with E-state index in [-0.39, 0.29) is 0 Å². The van der Waals surface area contributed by atoms with Gasteiger partial charge in [0, 0.05) is 18.6 Å². The highest BCUT2D eigenvalue weighted by Gasteiger charge is 2.24. The number of hydrogen-bond acceptors (Lipinski definition) is 4. The summed E-state index contributed by atoms with van der Waals surface area (Å²) >= 11 is 0. The number of hydrogen-bond donors (Lipinski definition) is 3. The van der Waals surface area contributed by atoms with Crippen molar-refractivity contribution >= 4 is 5.96 Å². The van der Waals surface area contributed by atoms with E-state index in [9.17, 15) is 0 Å². The van der Waals surface area contributed by atoms with Crippen LogP contribution in [0.25, 0.3) is 0 Å². The Labute approximate surface area is 72.6 Å². The Hall–Kier alpha value is -0.770. The quantitative estimate of drug-likeness (QED) is 0.490. The molecule has 0 spiro atoms. The second-order valence-electron chi connectivity index (χ2n) is 3.50. The van der Waals surface area contributed by atoms with Crippen molar-refractivity contribution in [1.82, 2.24) is 10.6 Å². The molecule has 4 nitrogen and oxygen atoms in total. The lowest BCUT2D eigenvalue weighted by molar-refractivity contribution is 0.548. The summed E-state index contributed by atoms with van der Waals surface area (Å²) in [7, 11) is 0. The van der Waals surface area contributed by atoms with Crippen LogP contribution in [-0.4, -0.2) is 31.1 Å². The second kappa shape index (κ2) is 3.31. The van der Waals surface area contributed by atoms with Crippen molar-refractivity contribution in [1.29, 1.82) is 0 Å². The fraction of sp³-hybridized carbons (Fsp3) is 0.875. The lowest BCUT2D eigenvalue weighted by Gasteiger charge is -2.18. The van der Waals surface area contributed by atoms with Crippen LogP contribution in [0, 0.1) is 0 Å². The van der Waals surface area contributed by atoms with Crippen LogP contribution in [0.1, 0.15) is 19.3 Å². The lowest BCUT2D eigenvalue weighted by Crippen LogP contribution is -2.47. The number of nitrogens with zero attached hydrogens (tertiary/aromatic N) is 1. The van der Waals surface area contributed by atoms with Crippen LogP contribution in [-0.2, 0) is 0 Å². The van der Waals surface area contributed by atoms with Crippen LogP contribution in [0.3, 0.4) is 0 Å². The molecular weight excluding hydrogens is 152 g/mol. The van der Waals surface area contributed by atoms with Crippen LogP contribution in [0.2, 0.25) is 0 Å². The van der Waals surface area contributed by atoms with E-state index in [2.05, 4.69) is 15.6 Å². The largest absolute Gasteiger partial charge is 0.355 e. The van der Waals surface area contributed by atoms with Gasteiger partial charge in [-0.15, -0.1) is 0 Å². The summed E-state index contributed by atoms with van der Waals surface area (Å²) in [5.74, 6) is 0.942. The van der Waals surface area contributed by atoms with Crippen molar-refractivity contribution in [3.63, 3.8) is 0 Å². The van der Waals surface area contributed by atoms with Gasteiger partial charge in [-0.1, -0.05) is 0 Å². The fourth-order valence-corrected chi connectivity index (χ4v) is 1.84. The maximum atomic E-state index is 5.91. The van der Waals surface area contributed by atoms with Gasteiger partial charge in [-0.05, 0) is 19.3 Å². The molecule has 0 aromatic rings. The third kappa shape index (κ3) is 1.53. The zero-order chi connectivity index (χ0) is 8.39. The lowest BCUT2D eigenvalue weighted by atomic mass is 10.2. The Morgan fingerprint density at radius 3 is 3.00 bits per heavy atom. The first-order chi connectivity index (χ1) is 5.86. The van der Waals surface area contributed by atoms with E-state index in [1.165, 1.54) is 12.8 Å². The molecule has 2 atom stereocenters. The molecule has 2 unspecified atom stereocenters. The molecule has 0 amide bonds. The van der Waals surface area contributed by atoms with Gasteiger partial charge in [-0.25, -0.2) is 0 Å². The molecule has 2 aliphatic rings. The van der Waals surface area contributed by atoms with Crippen LogP contribution < -0.4 is 16.4 Å². The van der Waals surface area contributed by atoms with Gasteiger partial charge >= 0.3 is 0 Å². The van der Waals surface area contributed by atoms with Crippen molar-refractivity contribution in [2.24, 2.45) is 10.7 Å². The summed E-state index contributed by atoms with van der Waals surface area (Å²) in [6.07, 6.45) is 3.57. The minimum absolute atomic E-state index is 0.315. The molecule has 4 N–H and O–H groups in total. The second-order valence-corrected chi connectivity index (χ2v) is 3.50. The molecule has 2 rings (SSSR count). The van der Waals surface area contributed by atoms with Gasteiger partial charge < -0.3 is 16.4 Å². The van der Waals surface area contributed by atoms with Gasteiger partial charge in [0.2, 0.25) is 0 Å². The molecule has 68 valence electrons. The molecule has 4 heteroatoms. The van der Waals surface area contributed by atoms with Gasteiger partial charge in [-0.3, -0.25) is 4.99 Å². The van der Waals surface area contributed by atoms with E-state index in [0.29, 0.717) is 12.1 Å². The number of rotatable bonds is 1. The summed E-state index contributed by atoms with van der Waals surface area (Å²) in [6, 6.07) is 0.754. The summed E-state index contributed by atoms with van der Waals surface area (Å²) in [5, 5.41) is 6.53. The predicted molar refractivity (Wildman–Crippen MR) is 49.1 cm³/mol. The molecule has 12 heavy (non-hydrogen) atoms. The molecule has 0 saturated heterocycles. The van der Waals surface area contributed by atoms with Crippen LogP contribution in [0.15, 0.2) is 4.99 Å². The predicted octanol–water partition coefficient (Wildman–Crippen LogP) is -0.585. The Balaban J connectivity index is 1.85. The smallest absolute Gasteiger partial charge is 0.191 e. The number of nitrogens with two attached hydrogens (primary N) is 1. The highest BCUT2D eigenvalue weighted by atomic mass is 15.2. The van der Waals surface area contributed by atoms with Crippen LogP contribution in [0.4, 0.5) is 0 Å². The SMILES string of the molecule is NC1CCCC1NC1=NCCN1. The molecule has 1 aliphatic carbocycles. The number of aliphatic imine (C=N–C) groups is 1. The molecule has 0 aromatic heterocycles. The zero-order valence-corrected chi connectivity index (χ0v) is 7.21. The molecule has 0 bridgehead atoms. The minimum atomic E-state index is 0.315. The summed E-state index contributed by atoms with van der Waals surface area (Å²) in [4.78, 5) is 4.27. The van der Waals surface area contributed by atoms with Crippen LogP contribution in [0.5, 0.6) is 0 Å². The third-order valence-corrected chi connectivity index (χ3v) is 2.57. The molecule has 1 aliphatic heterocycles. The van der Waals surface area contributed by atoms with E-state index in [0.717, 1.165) is 25.5 Å². The summed E-state index contributed by atoms with van der Waals surface area (Å²) in [6.45, 7) is 1.86. The van der Waals surface area contributed by atoms with E-state index in [1.54, 1.807) is 0 Å². The first kappa shape index (κ1) is 7.86.